The summed E-state index contributed by atoms with van der Waals surface area (Å²) >= 11 is 0. The van der Waals surface area contributed by atoms with Gasteiger partial charge in [-0.25, -0.2) is 0 Å². The van der Waals surface area contributed by atoms with E-state index in [-0.39, 0.29) is 17.3 Å². The van der Waals surface area contributed by atoms with Crippen molar-refractivity contribution in [3.8, 4) is 11.5 Å². The molecular weight excluding hydrogens is 278 g/mol. The van der Waals surface area contributed by atoms with E-state index in [4.69, 9.17) is 9.47 Å². The van der Waals surface area contributed by atoms with Crippen LogP contribution in [0.15, 0.2) is 24.3 Å². The van der Waals surface area contributed by atoms with E-state index >= 15 is 0 Å². The lowest BCUT2D eigenvalue weighted by molar-refractivity contribution is -0.126. The molecule has 4 nitrogen and oxygen atoms in total. The van der Waals surface area contributed by atoms with Gasteiger partial charge in [-0.05, 0) is 17.7 Å². The molecule has 1 fully saturated rings. The quantitative estimate of drug-likeness (QED) is 0.739. The first-order valence-electron chi connectivity index (χ1n) is 7.96. The molecule has 0 amide bonds. The van der Waals surface area contributed by atoms with Gasteiger partial charge in [0.1, 0.15) is 19.6 Å². The fourth-order valence-corrected chi connectivity index (χ4v) is 5.23. The molecule has 1 spiro atoms. The minimum absolute atomic E-state index is 0.102. The standard InChI is InChI=1S/C18H19NO3/c1-19-8-7-18-11-4-5-13(20)17(18)22-16-14(21-2)6-3-10(15(16)18)9-12(11)19/h3-6,11-12,17H,7-9H2,1-2H3/q+1. The lowest BCUT2D eigenvalue weighted by atomic mass is 9.53. The van der Waals surface area contributed by atoms with E-state index in [2.05, 4.69) is 24.1 Å². The average Bonchev–Trinajstić information content (AvgIpc) is 2.88. The van der Waals surface area contributed by atoms with E-state index < -0.39 is 0 Å². The van der Waals surface area contributed by atoms with Gasteiger partial charge in [-0.1, -0.05) is 12.1 Å². The third-order valence-electron chi connectivity index (χ3n) is 6.21. The van der Waals surface area contributed by atoms with Crippen molar-refractivity contribution in [1.82, 2.24) is 4.90 Å². The van der Waals surface area contributed by atoms with Gasteiger partial charge in [0, 0.05) is 24.3 Å². The zero-order valence-corrected chi connectivity index (χ0v) is 12.8. The minimum atomic E-state index is -0.371. The predicted molar refractivity (Wildman–Crippen MR) is 81.8 cm³/mol. The van der Waals surface area contributed by atoms with E-state index in [1.54, 1.807) is 13.2 Å². The van der Waals surface area contributed by atoms with Crippen LogP contribution in [0.25, 0.3) is 0 Å². The first kappa shape index (κ1) is 12.7. The maximum Gasteiger partial charge on any atom is 0.196 e. The van der Waals surface area contributed by atoms with Gasteiger partial charge in [-0.15, -0.1) is 0 Å². The summed E-state index contributed by atoms with van der Waals surface area (Å²) in [5.41, 5.74) is 2.40. The number of likely N-dealkylation sites (tertiary alicyclic amines) is 1. The number of carbonyl (C=O) groups excluding carboxylic acids is 1. The Kier molecular flexibility index (Phi) is 2.27. The van der Waals surface area contributed by atoms with Crippen LogP contribution in [-0.4, -0.2) is 38.6 Å². The van der Waals surface area contributed by atoms with Crippen molar-refractivity contribution < 1.29 is 14.3 Å². The number of hydrogen-bond donors (Lipinski definition) is 0. The Labute approximate surface area is 129 Å². The summed E-state index contributed by atoms with van der Waals surface area (Å²) in [5, 5.41) is 0. The van der Waals surface area contributed by atoms with E-state index in [9.17, 15) is 4.79 Å². The van der Waals surface area contributed by atoms with Gasteiger partial charge < -0.3 is 9.47 Å². The number of methoxy groups -OCH3 is 1. The monoisotopic (exact) mass is 297 g/mol. The number of ether oxygens (including phenoxy) is 2. The van der Waals surface area contributed by atoms with Gasteiger partial charge in [-0.3, -0.25) is 4.79 Å². The van der Waals surface area contributed by atoms with Crippen molar-refractivity contribution in [3.05, 3.63) is 35.4 Å². The van der Waals surface area contributed by atoms with Gasteiger partial charge in [0.2, 0.25) is 0 Å². The molecule has 22 heavy (non-hydrogen) atoms. The molecule has 4 heteroatoms. The Balaban J connectivity index is 1.84. The van der Waals surface area contributed by atoms with Crippen molar-refractivity contribution in [1.29, 1.82) is 0 Å². The van der Waals surface area contributed by atoms with Gasteiger partial charge in [0.05, 0.1) is 12.5 Å². The highest BCUT2D eigenvalue weighted by Crippen LogP contribution is 2.61. The van der Waals surface area contributed by atoms with Crippen LogP contribution in [0.5, 0.6) is 11.5 Å². The molecule has 2 aliphatic carbocycles. The first-order valence-corrected chi connectivity index (χ1v) is 7.96. The van der Waals surface area contributed by atoms with Crippen LogP contribution in [0.4, 0.5) is 0 Å². The second kappa shape index (κ2) is 3.93. The molecule has 0 saturated carbocycles. The summed E-state index contributed by atoms with van der Waals surface area (Å²) in [6, 6.07) is 4.60. The number of likely N-dealkylation sites (N-methyl/N-ethyl adjacent to an activating group) is 1. The topological polar surface area (TPSA) is 41.4 Å². The predicted octanol–water partition coefficient (Wildman–Crippen LogP) is 1.55. The number of ketones is 1. The normalized spacial score (nSPS) is 37.7. The zero-order valence-electron chi connectivity index (χ0n) is 12.8. The number of nitrogens with zero attached hydrogens (tertiary/aromatic N) is 1. The Hall–Kier alpha value is -1.81. The molecule has 5 rings (SSSR count). The van der Waals surface area contributed by atoms with Gasteiger partial charge in [0.15, 0.2) is 23.4 Å². The highest BCUT2D eigenvalue weighted by atomic mass is 16.5. The van der Waals surface area contributed by atoms with E-state index in [0.717, 1.165) is 30.9 Å². The SMILES string of the molecule is COc1ccc2c3c1OC1C(=O)C=CC4C(C2)[N+](C)CCC314. The van der Waals surface area contributed by atoms with Crippen LogP contribution in [-0.2, 0) is 16.6 Å². The maximum absolute atomic E-state index is 12.5. The number of hydrogen-bond acceptors (Lipinski definition) is 4. The Morgan fingerprint density at radius 1 is 1.41 bits per heavy atom. The number of benzene rings is 1. The third kappa shape index (κ3) is 1.23. The molecule has 1 aromatic rings. The van der Waals surface area contributed by atoms with Crippen molar-refractivity contribution in [3.63, 3.8) is 0 Å². The highest BCUT2D eigenvalue weighted by molar-refractivity contribution is 5.98. The third-order valence-corrected chi connectivity index (χ3v) is 6.21. The molecular formula is C18H19NO3+. The van der Waals surface area contributed by atoms with Crippen LogP contribution >= 0.6 is 0 Å². The molecule has 4 aliphatic rings. The van der Waals surface area contributed by atoms with Crippen molar-refractivity contribution in [2.24, 2.45) is 5.92 Å². The second-order valence-corrected chi connectivity index (χ2v) is 6.96. The van der Waals surface area contributed by atoms with Crippen LogP contribution in [0.1, 0.15) is 17.5 Å². The van der Waals surface area contributed by atoms with Crippen LogP contribution in [0, 0.1) is 5.92 Å². The van der Waals surface area contributed by atoms with Gasteiger partial charge in [0.25, 0.3) is 0 Å². The summed E-state index contributed by atoms with van der Waals surface area (Å²) in [6.07, 6.45) is 5.50. The summed E-state index contributed by atoms with van der Waals surface area (Å²) in [6.45, 7) is 1.01. The zero-order chi connectivity index (χ0) is 15.1. The number of carbonyl (C=O) groups is 1. The minimum Gasteiger partial charge on any atom is -0.493 e. The molecule has 4 unspecified atom stereocenters. The van der Waals surface area contributed by atoms with E-state index in [1.165, 1.54) is 11.1 Å². The molecule has 1 aromatic carbocycles. The fourth-order valence-electron chi connectivity index (χ4n) is 5.23. The highest BCUT2D eigenvalue weighted by Gasteiger charge is 2.67. The summed E-state index contributed by atoms with van der Waals surface area (Å²) in [7, 11) is 3.86. The molecule has 4 atom stereocenters. The van der Waals surface area contributed by atoms with Crippen LogP contribution in [0.3, 0.4) is 0 Å². The Morgan fingerprint density at radius 2 is 2.27 bits per heavy atom. The molecule has 113 valence electrons. The molecule has 1 saturated heterocycles. The summed E-state index contributed by atoms with van der Waals surface area (Å²) < 4.78 is 11.7. The Morgan fingerprint density at radius 3 is 3.09 bits per heavy atom. The van der Waals surface area contributed by atoms with Crippen LogP contribution in [0.2, 0.25) is 0 Å². The maximum atomic E-state index is 12.5. The fraction of sp³-hybridized carbons (Fsp3) is 0.500. The van der Waals surface area contributed by atoms with Gasteiger partial charge in [-0.2, -0.15) is 4.90 Å². The largest absolute Gasteiger partial charge is 0.493 e. The molecule has 0 aromatic heterocycles. The van der Waals surface area contributed by atoms with Crippen molar-refractivity contribution in [2.45, 2.75) is 30.4 Å². The first-order chi connectivity index (χ1) is 10.7. The molecule has 2 aliphatic heterocycles. The van der Waals surface area contributed by atoms with Crippen molar-refractivity contribution >= 4 is 5.78 Å². The Bertz CT molecular complexity index is 725. The number of rotatable bonds is 1. The molecule has 2 heterocycles. The summed E-state index contributed by atoms with van der Waals surface area (Å²) in [5.74, 6) is 2.03. The average molecular weight is 297 g/mol. The molecule has 0 N–H and O–H groups in total. The van der Waals surface area contributed by atoms with E-state index in [1.807, 2.05) is 6.07 Å². The van der Waals surface area contributed by atoms with Gasteiger partial charge >= 0.3 is 0 Å². The molecule has 2 bridgehead atoms. The number of piperidine rings is 1. The molecule has 1 radical (unpaired) electrons. The second-order valence-electron chi connectivity index (χ2n) is 6.96. The lowest BCUT2D eigenvalue weighted by Crippen LogP contribution is -2.65. The van der Waals surface area contributed by atoms with Crippen molar-refractivity contribution in [2.75, 3.05) is 20.7 Å². The lowest BCUT2D eigenvalue weighted by Gasteiger charge is -2.50. The van der Waals surface area contributed by atoms with E-state index in [0.29, 0.717) is 12.0 Å². The summed E-state index contributed by atoms with van der Waals surface area (Å²) in [4.78, 5) is 15.0. The smallest absolute Gasteiger partial charge is 0.196 e. The van der Waals surface area contributed by atoms with Crippen LogP contribution < -0.4 is 14.4 Å².